The van der Waals surface area contributed by atoms with E-state index in [0.717, 1.165) is 38.3 Å². The first kappa shape index (κ1) is 18.2. The van der Waals surface area contributed by atoms with Crippen molar-refractivity contribution in [2.75, 3.05) is 13.1 Å². The smallest absolute Gasteiger partial charge is 0.232 e. The van der Waals surface area contributed by atoms with Crippen molar-refractivity contribution in [3.05, 3.63) is 66.9 Å². The van der Waals surface area contributed by atoms with Crippen molar-refractivity contribution in [2.24, 2.45) is 11.8 Å². The molecule has 0 N–H and O–H groups in total. The lowest BCUT2D eigenvalue weighted by Gasteiger charge is -2.38. The Balaban J connectivity index is 1.35. The van der Waals surface area contributed by atoms with E-state index in [1.54, 1.807) is 18.6 Å². The monoisotopic (exact) mass is 390 g/mol. The lowest BCUT2D eigenvalue weighted by Crippen LogP contribution is -2.40. The van der Waals surface area contributed by atoms with Gasteiger partial charge in [0.25, 0.3) is 0 Å². The van der Waals surface area contributed by atoms with Gasteiger partial charge < -0.3 is 9.30 Å². The molecule has 0 spiro atoms. The van der Waals surface area contributed by atoms with Crippen LogP contribution in [0.3, 0.4) is 0 Å². The van der Waals surface area contributed by atoms with Gasteiger partial charge in [-0.15, -0.1) is 0 Å². The van der Waals surface area contributed by atoms with Crippen LogP contribution in [0.25, 0.3) is 0 Å². The van der Waals surface area contributed by atoms with Crippen molar-refractivity contribution in [2.45, 2.75) is 38.5 Å². The standard InChI is InChI=1S/C22H26N6O/c1-16-25-8-9-28(16)20-10-18-14-27(13-17-2-4-23-5-3-17)15-19(18)11-21(20)29-22-12-24-6-7-26-22/h2-9,12,18-21H,10-11,13-15H2,1H3/t18-,19+,20-,21-/m0/s1. The second-order valence-corrected chi connectivity index (χ2v) is 8.19. The largest absolute Gasteiger partial charge is 0.471 e. The maximum absolute atomic E-state index is 6.36. The molecule has 0 aromatic carbocycles. The molecule has 150 valence electrons. The fourth-order valence-electron chi connectivity index (χ4n) is 5.02. The first-order valence-electron chi connectivity index (χ1n) is 10.3. The van der Waals surface area contributed by atoms with Gasteiger partial charge in [0.2, 0.25) is 5.88 Å². The average Bonchev–Trinajstić information content (AvgIpc) is 3.34. The summed E-state index contributed by atoms with van der Waals surface area (Å²) in [7, 11) is 0. The van der Waals surface area contributed by atoms with Gasteiger partial charge in [-0.05, 0) is 49.3 Å². The van der Waals surface area contributed by atoms with Crippen molar-refractivity contribution in [1.82, 2.24) is 29.4 Å². The highest BCUT2D eigenvalue weighted by atomic mass is 16.5. The molecule has 5 rings (SSSR count). The number of hydrogen-bond acceptors (Lipinski definition) is 6. The fourth-order valence-corrected chi connectivity index (χ4v) is 5.02. The Morgan fingerprint density at radius 3 is 2.52 bits per heavy atom. The van der Waals surface area contributed by atoms with Gasteiger partial charge in [0.1, 0.15) is 11.9 Å². The van der Waals surface area contributed by atoms with Crippen LogP contribution >= 0.6 is 0 Å². The third kappa shape index (κ3) is 3.87. The number of aryl methyl sites for hydroxylation is 1. The van der Waals surface area contributed by atoms with E-state index in [1.165, 1.54) is 5.56 Å². The molecule has 1 saturated carbocycles. The molecule has 4 heterocycles. The van der Waals surface area contributed by atoms with E-state index in [2.05, 4.69) is 54.7 Å². The van der Waals surface area contributed by atoms with E-state index in [1.807, 2.05) is 18.6 Å². The van der Waals surface area contributed by atoms with Gasteiger partial charge in [-0.2, -0.15) is 0 Å². The normalized spacial score (nSPS) is 26.9. The van der Waals surface area contributed by atoms with Crippen molar-refractivity contribution in [3.8, 4) is 5.88 Å². The minimum absolute atomic E-state index is 0.0710. The fraction of sp³-hybridized carbons (Fsp3) is 0.455. The summed E-state index contributed by atoms with van der Waals surface area (Å²) >= 11 is 0. The molecule has 29 heavy (non-hydrogen) atoms. The average molecular weight is 390 g/mol. The molecule has 3 aromatic heterocycles. The first-order chi connectivity index (χ1) is 14.3. The van der Waals surface area contributed by atoms with Crippen LogP contribution in [0.2, 0.25) is 0 Å². The SMILES string of the molecule is Cc1nccn1[C@H]1C[C@H]2CN(Cc3ccncc3)C[C@H]2C[C@@H]1Oc1cnccn1. The minimum atomic E-state index is 0.0710. The van der Waals surface area contributed by atoms with Crippen LogP contribution < -0.4 is 4.74 Å². The van der Waals surface area contributed by atoms with Crippen molar-refractivity contribution in [3.63, 3.8) is 0 Å². The number of fused-ring (bicyclic) bond motifs is 1. The number of aromatic nitrogens is 5. The predicted octanol–water partition coefficient (Wildman–Crippen LogP) is 2.91. The number of ether oxygens (including phenoxy) is 1. The molecule has 1 aliphatic heterocycles. The van der Waals surface area contributed by atoms with Gasteiger partial charge >= 0.3 is 0 Å². The lowest BCUT2D eigenvalue weighted by atomic mass is 9.77. The van der Waals surface area contributed by atoms with Crippen molar-refractivity contribution >= 4 is 0 Å². The molecule has 2 aliphatic rings. The van der Waals surface area contributed by atoms with Gasteiger partial charge in [0.15, 0.2) is 0 Å². The first-order valence-corrected chi connectivity index (χ1v) is 10.3. The summed E-state index contributed by atoms with van der Waals surface area (Å²) in [6.07, 6.45) is 15.0. The van der Waals surface area contributed by atoms with Crippen LogP contribution in [0, 0.1) is 18.8 Å². The highest BCUT2D eigenvalue weighted by Crippen LogP contribution is 2.43. The van der Waals surface area contributed by atoms with Crippen LogP contribution in [0.15, 0.2) is 55.5 Å². The van der Waals surface area contributed by atoms with Crippen molar-refractivity contribution in [1.29, 1.82) is 0 Å². The summed E-state index contributed by atoms with van der Waals surface area (Å²) in [4.78, 5) is 19.7. The zero-order valence-electron chi connectivity index (χ0n) is 16.6. The molecule has 0 amide bonds. The molecule has 1 saturated heterocycles. The van der Waals surface area contributed by atoms with E-state index in [4.69, 9.17) is 4.74 Å². The van der Waals surface area contributed by atoms with Crippen LogP contribution in [-0.4, -0.2) is 48.6 Å². The quantitative estimate of drug-likeness (QED) is 0.667. The molecular formula is C22H26N6O. The number of nitrogens with zero attached hydrogens (tertiary/aromatic N) is 6. The Morgan fingerprint density at radius 2 is 1.79 bits per heavy atom. The molecule has 4 atom stereocenters. The number of pyridine rings is 1. The van der Waals surface area contributed by atoms with Gasteiger partial charge in [-0.1, -0.05) is 0 Å². The minimum Gasteiger partial charge on any atom is -0.471 e. The number of likely N-dealkylation sites (tertiary alicyclic amines) is 1. The number of rotatable bonds is 5. The van der Waals surface area contributed by atoms with Crippen LogP contribution in [0.4, 0.5) is 0 Å². The lowest BCUT2D eigenvalue weighted by molar-refractivity contribution is 0.0501. The van der Waals surface area contributed by atoms with E-state index in [-0.39, 0.29) is 12.1 Å². The predicted molar refractivity (Wildman–Crippen MR) is 108 cm³/mol. The summed E-state index contributed by atoms with van der Waals surface area (Å²) < 4.78 is 8.64. The Labute approximate surface area is 170 Å². The van der Waals surface area contributed by atoms with E-state index < -0.39 is 0 Å². The molecule has 2 fully saturated rings. The second-order valence-electron chi connectivity index (χ2n) is 8.19. The summed E-state index contributed by atoms with van der Waals surface area (Å²) in [5.41, 5.74) is 1.33. The zero-order valence-corrected chi connectivity index (χ0v) is 16.6. The molecular weight excluding hydrogens is 364 g/mol. The number of imidazole rings is 1. The molecule has 0 radical (unpaired) electrons. The van der Waals surface area contributed by atoms with Gasteiger partial charge in [0.05, 0.1) is 12.2 Å². The summed E-state index contributed by atoms with van der Waals surface area (Å²) in [5.74, 6) is 2.95. The van der Waals surface area contributed by atoms with Crippen LogP contribution in [0.5, 0.6) is 5.88 Å². The molecule has 7 heteroatoms. The van der Waals surface area contributed by atoms with Crippen LogP contribution in [-0.2, 0) is 6.54 Å². The third-order valence-corrected chi connectivity index (χ3v) is 6.35. The molecule has 1 aliphatic carbocycles. The molecule has 7 nitrogen and oxygen atoms in total. The Hall–Kier alpha value is -2.80. The highest BCUT2D eigenvalue weighted by molar-refractivity contribution is 5.11. The van der Waals surface area contributed by atoms with E-state index in [9.17, 15) is 0 Å². The Bertz CT molecular complexity index is 931. The topological polar surface area (TPSA) is 69.0 Å². The molecule has 3 aromatic rings. The van der Waals surface area contributed by atoms with E-state index in [0.29, 0.717) is 17.7 Å². The number of hydrogen-bond donors (Lipinski definition) is 0. The maximum Gasteiger partial charge on any atom is 0.232 e. The third-order valence-electron chi connectivity index (χ3n) is 6.35. The molecule has 0 bridgehead atoms. The summed E-state index contributed by atoms with van der Waals surface area (Å²) in [5, 5.41) is 0. The van der Waals surface area contributed by atoms with Gasteiger partial charge in [0, 0.05) is 56.8 Å². The Morgan fingerprint density at radius 1 is 0.966 bits per heavy atom. The van der Waals surface area contributed by atoms with Gasteiger partial charge in [-0.25, -0.2) is 9.97 Å². The van der Waals surface area contributed by atoms with E-state index >= 15 is 0 Å². The van der Waals surface area contributed by atoms with Crippen molar-refractivity contribution < 1.29 is 4.74 Å². The summed E-state index contributed by atoms with van der Waals surface area (Å²) in [6.45, 7) is 5.30. The maximum atomic E-state index is 6.36. The van der Waals surface area contributed by atoms with Crippen LogP contribution in [0.1, 0.15) is 30.3 Å². The Kier molecular flexibility index (Phi) is 4.97. The highest BCUT2D eigenvalue weighted by Gasteiger charge is 2.44. The second kappa shape index (κ2) is 7.91. The zero-order chi connectivity index (χ0) is 19.6. The summed E-state index contributed by atoms with van der Waals surface area (Å²) in [6, 6.07) is 4.49. The van der Waals surface area contributed by atoms with Gasteiger partial charge in [-0.3, -0.25) is 14.9 Å². The molecule has 0 unspecified atom stereocenters.